The van der Waals surface area contributed by atoms with E-state index < -0.39 is 0 Å². The van der Waals surface area contributed by atoms with Crippen molar-refractivity contribution >= 4 is 21.9 Å². The van der Waals surface area contributed by atoms with Crippen LogP contribution in [0.15, 0.2) is 109 Å². The topological polar surface area (TPSA) is 50.9 Å². The van der Waals surface area contributed by atoms with Crippen LogP contribution in [0.2, 0.25) is 0 Å². The Morgan fingerprint density at radius 1 is 0.745 bits per heavy atom. The van der Waals surface area contributed by atoms with E-state index in [9.17, 15) is 5.11 Å². The second kappa shape index (κ2) is 12.6. The summed E-state index contributed by atoms with van der Waals surface area (Å²) in [4.78, 5) is 10.0. The van der Waals surface area contributed by atoms with Gasteiger partial charge in [-0.1, -0.05) is 99.8 Å². The van der Waals surface area contributed by atoms with Gasteiger partial charge < -0.3 is 5.11 Å². The third kappa shape index (κ3) is 6.03. The minimum atomic E-state index is 0. The predicted octanol–water partition coefficient (Wildman–Crippen LogP) is 10.8. The van der Waals surface area contributed by atoms with Crippen LogP contribution in [0, 0.1) is 13.0 Å². The Morgan fingerprint density at radius 3 is 2.19 bits per heavy atom. The molecule has 0 spiro atoms. The molecule has 2 aromatic heterocycles. The molecule has 0 fully saturated rings. The van der Waals surface area contributed by atoms with Gasteiger partial charge in [-0.15, -0.1) is 35.4 Å². The van der Waals surface area contributed by atoms with Crippen molar-refractivity contribution in [1.29, 1.82) is 0 Å². The first-order valence-corrected chi connectivity index (χ1v) is 15.9. The van der Waals surface area contributed by atoms with Crippen molar-refractivity contribution in [2.75, 3.05) is 0 Å². The fourth-order valence-electron chi connectivity index (χ4n) is 6.29. The smallest absolute Gasteiger partial charge is 0.148 e. The molecule has 0 bridgehead atoms. The molecule has 47 heavy (non-hydrogen) atoms. The zero-order valence-corrected chi connectivity index (χ0v) is 29.8. The summed E-state index contributed by atoms with van der Waals surface area (Å²) in [7, 11) is 0. The number of aromatic nitrogens is 3. The Hall–Kier alpha value is -4.53. The number of hydrogen-bond acceptors (Lipinski definition) is 3. The van der Waals surface area contributed by atoms with Gasteiger partial charge in [-0.3, -0.25) is 9.55 Å². The summed E-state index contributed by atoms with van der Waals surface area (Å²) in [6.07, 6.45) is 1.84. The van der Waals surface area contributed by atoms with Crippen LogP contribution in [0.25, 0.3) is 61.3 Å². The molecule has 7 aromatic rings. The second-order valence-corrected chi connectivity index (χ2v) is 13.5. The van der Waals surface area contributed by atoms with Crippen molar-refractivity contribution in [1.82, 2.24) is 14.5 Å². The third-order valence-corrected chi connectivity index (χ3v) is 8.83. The number of aryl methyl sites for hydroxylation is 1. The van der Waals surface area contributed by atoms with Crippen molar-refractivity contribution < 1.29 is 26.2 Å². The Kier molecular flexibility index (Phi) is 8.68. The number of phenols is 1. The van der Waals surface area contributed by atoms with Gasteiger partial charge in [-0.05, 0) is 71.2 Å². The van der Waals surface area contributed by atoms with Crippen LogP contribution < -0.4 is 0 Å². The number of rotatable bonds is 5. The van der Waals surface area contributed by atoms with Crippen LogP contribution in [0.4, 0.5) is 0 Å². The van der Waals surface area contributed by atoms with Gasteiger partial charge in [0.25, 0.3) is 0 Å². The van der Waals surface area contributed by atoms with Gasteiger partial charge in [0.05, 0.1) is 16.6 Å². The summed E-state index contributed by atoms with van der Waals surface area (Å²) in [5.74, 6) is 1.22. The molecule has 0 unspecified atom stereocenters. The molecule has 1 N–H and O–H groups in total. The van der Waals surface area contributed by atoms with Gasteiger partial charge >= 0.3 is 0 Å². The molecule has 4 nitrogen and oxygen atoms in total. The molecule has 2 heterocycles. The van der Waals surface area contributed by atoms with E-state index in [1.807, 2.05) is 18.3 Å². The number of aromatic hydroxyl groups is 1. The molecule has 238 valence electrons. The number of nitrogens with zero attached hydrogens (tertiary/aromatic N) is 3. The number of hydrogen-bond donors (Lipinski definition) is 1. The van der Waals surface area contributed by atoms with Gasteiger partial charge in [-0.25, -0.2) is 4.98 Å². The minimum Gasteiger partial charge on any atom is -0.507 e. The molecule has 0 aliphatic heterocycles. The molecule has 0 amide bonds. The normalized spacial score (nSPS) is 11.7. The molecule has 5 aromatic carbocycles. The Labute approximate surface area is 291 Å². The molecule has 5 heteroatoms. The number of fused-ring (bicyclic) bond motifs is 2. The van der Waals surface area contributed by atoms with E-state index in [0.29, 0.717) is 17.3 Å². The Balaban J connectivity index is 0.00000386. The van der Waals surface area contributed by atoms with E-state index in [0.717, 1.165) is 55.4 Å². The van der Waals surface area contributed by atoms with Crippen LogP contribution in [0.3, 0.4) is 0 Å². The molecule has 0 saturated carbocycles. The molecular weight excluding hydrogens is 758 g/mol. The number of para-hydroxylation sites is 1. The zero-order chi connectivity index (χ0) is 32.2. The van der Waals surface area contributed by atoms with Crippen LogP contribution in [-0.2, 0) is 26.5 Å². The first-order valence-electron chi connectivity index (χ1n) is 15.9. The molecule has 0 aliphatic rings. The zero-order valence-electron chi connectivity index (χ0n) is 27.6. The maximum absolute atomic E-state index is 11.2. The first-order chi connectivity index (χ1) is 22.1. The van der Waals surface area contributed by atoms with Gasteiger partial charge in [0.2, 0.25) is 0 Å². The Bertz CT molecular complexity index is 2240. The molecule has 0 atom stereocenters. The van der Waals surface area contributed by atoms with Crippen LogP contribution in [0.1, 0.15) is 57.2 Å². The maximum Gasteiger partial charge on any atom is 0.148 e. The number of benzene rings is 5. The van der Waals surface area contributed by atoms with E-state index in [2.05, 4.69) is 137 Å². The molecule has 7 rings (SSSR count). The average Bonchev–Trinajstić information content (AvgIpc) is 3.43. The van der Waals surface area contributed by atoms with Gasteiger partial charge in [0.15, 0.2) is 0 Å². The largest absolute Gasteiger partial charge is 0.507 e. The summed E-state index contributed by atoms with van der Waals surface area (Å²) in [5.41, 5.74) is 12.1. The van der Waals surface area contributed by atoms with Crippen molar-refractivity contribution in [2.24, 2.45) is 0 Å². The number of imidazole rings is 1. The molecule has 0 saturated heterocycles. The average molecular weight is 796 g/mol. The van der Waals surface area contributed by atoms with Crippen LogP contribution >= 0.6 is 0 Å². The quantitative estimate of drug-likeness (QED) is 0.177. The second-order valence-electron chi connectivity index (χ2n) is 13.5. The number of phenolic OH excluding ortho intramolecular Hbond substituents is 1. The van der Waals surface area contributed by atoms with E-state index in [-0.39, 0.29) is 32.2 Å². The molecule has 0 radical (unpaired) electrons. The van der Waals surface area contributed by atoms with E-state index in [1.54, 1.807) is 6.07 Å². The summed E-state index contributed by atoms with van der Waals surface area (Å²) >= 11 is 0. The van der Waals surface area contributed by atoms with Gasteiger partial charge in [0.1, 0.15) is 11.6 Å². The summed E-state index contributed by atoms with van der Waals surface area (Å²) < 4.78 is 2.17. The minimum absolute atomic E-state index is 0. The van der Waals surface area contributed by atoms with Gasteiger partial charge in [-0.2, -0.15) is 0 Å². The molecule has 0 aliphatic carbocycles. The van der Waals surface area contributed by atoms with Crippen molar-refractivity contribution in [3.05, 3.63) is 132 Å². The van der Waals surface area contributed by atoms with E-state index in [4.69, 9.17) is 9.97 Å². The van der Waals surface area contributed by atoms with Crippen LogP contribution in [0.5, 0.6) is 5.75 Å². The van der Waals surface area contributed by atoms with Crippen molar-refractivity contribution in [3.63, 3.8) is 0 Å². The SMILES string of the molecule is Cc1cc(-c2[c-]c(-c3cccc4c3nc(-c3cc(C(C)C)ccc3O)n4-c3ccc(C(C)(C)C)cc3)ccc2)c2ncccc2c1.[Pt]. The van der Waals surface area contributed by atoms with E-state index >= 15 is 0 Å². The fourth-order valence-corrected chi connectivity index (χ4v) is 6.29. The van der Waals surface area contributed by atoms with E-state index in [1.165, 1.54) is 11.1 Å². The summed E-state index contributed by atoms with van der Waals surface area (Å²) in [6, 6.07) is 39.3. The Morgan fingerprint density at radius 2 is 1.47 bits per heavy atom. The third-order valence-electron chi connectivity index (χ3n) is 8.83. The maximum atomic E-state index is 11.2. The number of pyridine rings is 1. The monoisotopic (exact) mass is 795 g/mol. The fraction of sp³-hybridized carbons (Fsp3) is 0.190. The summed E-state index contributed by atoms with van der Waals surface area (Å²) in [6.45, 7) is 13.1. The standard InChI is InChI=1S/C42H38N3O.Pt/c1-26(2)28-15-20-38(46)36(25-28)41-44-40-34(13-8-14-37(40)45(41)33-18-16-32(17-19-33)42(4,5)6)29-10-7-11-30(24-29)35-23-27(3)22-31-12-9-21-43-39(31)35;/h7-23,25-26,46H,1-6H3;/q-1;. The summed E-state index contributed by atoms with van der Waals surface area (Å²) in [5, 5.41) is 12.3. The first kappa shape index (κ1) is 32.4. The van der Waals surface area contributed by atoms with Crippen LogP contribution in [-0.4, -0.2) is 19.6 Å². The van der Waals surface area contributed by atoms with Crippen molar-refractivity contribution in [2.45, 2.75) is 52.9 Å². The predicted molar refractivity (Wildman–Crippen MR) is 191 cm³/mol. The van der Waals surface area contributed by atoms with Gasteiger partial charge in [0, 0.05) is 38.5 Å². The molecular formula is C42H38N3OPt-. The van der Waals surface area contributed by atoms with Crippen molar-refractivity contribution in [3.8, 4) is 45.1 Å².